The topological polar surface area (TPSA) is 53.4 Å². The van der Waals surface area contributed by atoms with Gasteiger partial charge in [0.05, 0.1) is 5.69 Å². The lowest BCUT2D eigenvalue weighted by atomic mass is 10.2. The molecule has 0 spiro atoms. The van der Waals surface area contributed by atoms with Crippen molar-refractivity contribution in [2.45, 2.75) is 6.54 Å². The Morgan fingerprint density at radius 2 is 1.73 bits per heavy atom. The first-order valence-electron chi connectivity index (χ1n) is 10.3. The normalized spacial score (nSPS) is 15.2. The molecule has 156 valence electrons. The Hall–Kier alpha value is -2.67. The molecule has 0 radical (unpaired) electrons. The van der Waals surface area contributed by atoms with Crippen LogP contribution in [0.2, 0.25) is 5.02 Å². The van der Waals surface area contributed by atoms with Crippen molar-refractivity contribution in [3.63, 3.8) is 0 Å². The zero-order valence-electron chi connectivity index (χ0n) is 16.9. The van der Waals surface area contributed by atoms with E-state index in [4.69, 9.17) is 11.6 Å². The lowest BCUT2D eigenvalue weighted by molar-refractivity contribution is 0.0929. The van der Waals surface area contributed by atoms with Crippen molar-refractivity contribution in [3.8, 4) is 5.69 Å². The maximum atomic E-state index is 12.4. The standard InChI is InChI=1S/C23H26ClN5O/c24-20-6-4-5-19(17-20)18-28-15-13-27(14-16-28)12-10-25-23(30)22-9-11-29(26-22)21-7-2-1-3-8-21/h1-9,11,17H,10,12-16,18H2,(H,25,30). The highest BCUT2D eigenvalue weighted by molar-refractivity contribution is 6.30. The zero-order valence-corrected chi connectivity index (χ0v) is 17.6. The van der Waals surface area contributed by atoms with Crippen LogP contribution in [0.1, 0.15) is 16.1 Å². The fraction of sp³-hybridized carbons (Fsp3) is 0.304. The second-order valence-corrected chi connectivity index (χ2v) is 7.92. The van der Waals surface area contributed by atoms with E-state index in [1.807, 2.05) is 54.7 Å². The molecule has 1 amide bonds. The van der Waals surface area contributed by atoms with Crippen molar-refractivity contribution in [1.82, 2.24) is 24.9 Å². The molecule has 2 heterocycles. The average Bonchev–Trinajstić information content (AvgIpc) is 3.26. The van der Waals surface area contributed by atoms with E-state index in [0.717, 1.165) is 50.0 Å². The summed E-state index contributed by atoms with van der Waals surface area (Å²) in [4.78, 5) is 17.2. The summed E-state index contributed by atoms with van der Waals surface area (Å²) in [7, 11) is 0. The first-order valence-corrected chi connectivity index (χ1v) is 10.6. The summed E-state index contributed by atoms with van der Waals surface area (Å²) in [5.41, 5.74) is 2.62. The molecule has 0 saturated carbocycles. The number of para-hydroxylation sites is 1. The fourth-order valence-corrected chi connectivity index (χ4v) is 3.87. The molecule has 30 heavy (non-hydrogen) atoms. The molecule has 1 saturated heterocycles. The summed E-state index contributed by atoms with van der Waals surface area (Å²) in [6, 6.07) is 19.6. The van der Waals surface area contributed by atoms with Gasteiger partial charge in [-0.3, -0.25) is 14.6 Å². The SMILES string of the molecule is O=C(NCCN1CCN(Cc2cccc(Cl)c2)CC1)c1ccn(-c2ccccc2)n1. The molecule has 1 aliphatic rings. The molecule has 1 aliphatic heterocycles. The maximum Gasteiger partial charge on any atom is 0.271 e. The predicted molar refractivity (Wildman–Crippen MR) is 119 cm³/mol. The third-order valence-electron chi connectivity index (χ3n) is 5.32. The van der Waals surface area contributed by atoms with Gasteiger partial charge >= 0.3 is 0 Å². The maximum absolute atomic E-state index is 12.4. The monoisotopic (exact) mass is 423 g/mol. The molecule has 6 nitrogen and oxygen atoms in total. The molecular formula is C23H26ClN5O. The molecule has 2 aromatic carbocycles. The van der Waals surface area contributed by atoms with Gasteiger partial charge in [-0.15, -0.1) is 0 Å². The molecule has 4 rings (SSSR count). The van der Waals surface area contributed by atoms with Gasteiger partial charge in [-0.25, -0.2) is 4.68 Å². The van der Waals surface area contributed by atoms with Crippen LogP contribution in [0, 0.1) is 0 Å². The predicted octanol–water partition coefficient (Wildman–Crippen LogP) is 3.07. The van der Waals surface area contributed by atoms with Crippen LogP contribution >= 0.6 is 11.6 Å². The van der Waals surface area contributed by atoms with E-state index in [-0.39, 0.29) is 5.91 Å². The van der Waals surface area contributed by atoms with Gasteiger partial charge in [0, 0.05) is 57.0 Å². The van der Waals surface area contributed by atoms with Gasteiger partial charge in [-0.1, -0.05) is 41.9 Å². The Balaban J connectivity index is 1.18. The third kappa shape index (κ3) is 5.48. The summed E-state index contributed by atoms with van der Waals surface area (Å²) in [6.45, 7) is 6.42. The van der Waals surface area contributed by atoms with Gasteiger partial charge < -0.3 is 5.32 Å². The van der Waals surface area contributed by atoms with E-state index in [0.29, 0.717) is 12.2 Å². The number of aromatic nitrogens is 2. The lowest BCUT2D eigenvalue weighted by Crippen LogP contribution is -2.48. The Labute approximate surface area is 182 Å². The molecule has 1 fully saturated rings. The van der Waals surface area contributed by atoms with Crippen molar-refractivity contribution in [1.29, 1.82) is 0 Å². The van der Waals surface area contributed by atoms with Crippen LogP contribution in [0.5, 0.6) is 0 Å². The number of rotatable bonds is 7. The quantitative estimate of drug-likeness (QED) is 0.634. The number of nitrogens with zero attached hydrogens (tertiary/aromatic N) is 4. The van der Waals surface area contributed by atoms with E-state index in [1.54, 1.807) is 10.7 Å². The van der Waals surface area contributed by atoms with E-state index in [2.05, 4.69) is 26.3 Å². The molecule has 0 unspecified atom stereocenters. The first-order chi connectivity index (χ1) is 14.7. The smallest absolute Gasteiger partial charge is 0.271 e. The van der Waals surface area contributed by atoms with Crippen LogP contribution in [0.15, 0.2) is 66.9 Å². The zero-order chi connectivity index (χ0) is 20.8. The molecule has 1 aromatic heterocycles. The Morgan fingerprint density at radius 1 is 0.967 bits per heavy atom. The van der Waals surface area contributed by atoms with Crippen LogP contribution < -0.4 is 5.32 Å². The van der Waals surface area contributed by atoms with Crippen LogP contribution in [-0.2, 0) is 6.54 Å². The highest BCUT2D eigenvalue weighted by atomic mass is 35.5. The van der Waals surface area contributed by atoms with Gasteiger partial charge in [0.15, 0.2) is 5.69 Å². The van der Waals surface area contributed by atoms with Crippen molar-refractivity contribution < 1.29 is 4.79 Å². The van der Waals surface area contributed by atoms with Crippen molar-refractivity contribution in [2.75, 3.05) is 39.3 Å². The van der Waals surface area contributed by atoms with Crippen molar-refractivity contribution in [2.24, 2.45) is 0 Å². The second kappa shape index (κ2) is 9.89. The number of carbonyl (C=O) groups excluding carboxylic acids is 1. The van der Waals surface area contributed by atoms with E-state index >= 15 is 0 Å². The molecule has 7 heteroatoms. The molecule has 3 aromatic rings. The largest absolute Gasteiger partial charge is 0.349 e. The van der Waals surface area contributed by atoms with Crippen molar-refractivity contribution >= 4 is 17.5 Å². The first kappa shape index (κ1) is 20.6. The summed E-state index contributed by atoms with van der Waals surface area (Å²) in [5.74, 6) is -0.135. The van der Waals surface area contributed by atoms with E-state index in [1.165, 1.54) is 5.56 Å². The second-order valence-electron chi connectivity index (χ2n) is 7.48. The molecular weight excluding hydrogens is 398 g/mol. The number of benzene rings is 2. The number of carbonyl (C=O) groups is 1. The molecule has 0 bridgehead atoms. The summed E-state index contributed by atoms with van der Waals surface area (Å²) in [5, 5.41) is 8.15. The number of hydrogen-bond acceptors (Lipinski definition) is 4. The minimum atomic E-state index is -0.135. The van der Waals surface area contributed by atoms with Gasteiger partial charge in [0.2, 0.25) is 0 Å². The number of amides is 1. The summed E-state index contributed by atoms with van der Waals surface area (Å²) >= 11 is 6.08. The van der Waals surface area contributed by atoms with Gasteiger partial charge in [0.1, 0.15) is 0 Å². The Kier molecular flexibility index (Phi) is 6.79. The van der Waals surface area contributed by atoms with Crippen LogP contribution in [-0.4, -0.2) is 64.8 Å². The average molecular weight is 424 g/mol. The van der Waals surface area contributed by atoms with E-state index in [9.17, 15) is 4.79 Å². The van der Waals surface area contributed by atoms with Gasteiger partial charge in [0.25, 0.3) is 5.91 Å². The van der Waals surface area contributed by atoms with Crippen LogP contribution in [0.25, 0.3) is 5.69 Å². The summed E-state index contributed by atoms with van der Waals surface area (Å²) < 4.78 is 1.72. The Bertz CT molecular complexity index is 966. The number of hydrogen-bond donors (Lipinski definition) is 1. The fourth-order valence-electron chi connectivity index (χ4n) is 3.65. The molecule has 0 atom stereocenters. The van der Waals surface area contributed by atoms with Crippen molar-refractivity contribution in [3.05, 3.63) is 83.1 Å². The van der Waals surface area contributed by atoms with Gasteiger partial charge in [-0.2, -0.15) is 5.10 Å². The minimum absolute atomic E-state index is 0.135. The van der Waals surface area contributed by atoms with Crippen LogP contribution in [0.3, 0.4) is 0 Å². The lowest BCUT2D eigenvalue weighted by Gasteiger charge is -2.34. The van der Waals surface area contributed by atoms with Gasteiger partial charge in [-0.05, 0) is 35.9 Å². The number of piperazine rings is 1. The molecule has 0 aliphatic carbocycles. The summed E-state index contributed by atoms with van der Waals surface area (Å²) in [6.07, 6.45) is 1.81. The van der Waals surface area contributed by atoms with Crippen LogP contribution in [0.4, 0.5) is 0 Å². The number of halogens is 1. The molecule has 1 N–H and O–H groups in total. The number of nitrogens with one attached hydrogen (secondary N) is 1. The van der Waals surface area contributed by atoms with E-state index < -0.39 is 0 Å². The Morgan fingerprint density at radius 3 is 2.50 bits per heavy atom. The third-order valence-corrected chi connectivity index (χ3v) is 5.55. The highest BCUT2D eigenvalue weighted by Crippen LogP contribution is 2.14. The highest BCUT2D eigenvalue weighted by Gasteiger charge is 2.17. The minimum Gasteiger partial charge on any atom is -0.349 e.